The molecular weight excluding hydrogens is 441 g/mol. The molecule has 0 bridgehead atoms. The Morgan fingerprint density at radius 3 is 2.58 bits per heavy atom. The summed E-state index contributed by atoms with van der Waals surface area (Å²) in [5, 5.41) is 3.89. The van der Waals surface area contributed by atoms with Crippen LogP contribution >= 0.6 is 11.3 Å². The van der Waals surface area contributed by atoms with E-state index in [1.54, 1.807) is 25.1 Å². The van der Waals surface area contributed by atoms with Gasteiger partial charge in [0.15, 0.2) is 5.78 Å². The monoisotopic (exact) mass is 457 g/mol. The number of halogens is 1. The van der Waals surface area contributed by atoms with Gasteiger partial charge in [-0.05, 0) is 56.3 Å². The van der Waals surface area contributed by atoms with Crippen LogP contribution < -0.4 is 4.72 Å². The lowest BCUT2D eigenvalue weighted by molar-refractivity contribution is 0.101. The lowest BCUT2D eigenvalue weighted by atomic mass is 10.1. The molecule has 10 heteroatoms. The average Bonchev–Trinajstić information content (AvgIpc) is 3.35. The van der Waals surface area contributed by atoms with Gasteiger partial charge in [0.2, 0.25) is 5.82 Å². The van der Waals surface area contributed by atoms with Crippen molar-refractivity contribution in [3.05, 3.63) is 70.9 Å². The van der Waals surface area contributed by atoms with E-state index >= 15 is 0 Å². The highest BCUT2D eigenvalue weighted by Crippen LogP contribution is 2.34. The van der Waals surface area contributed by atoms with E-state index in [1.165, 1.54) is 54.7 Å². The minimum absolute atomic E-state index is 0.0715. The molecule has 2 heterocycles. The van der Waals surface area contributed by atoms with Crippen molar-refractivity contribution >= 4 is 32.8 Å². The van der Waals surface area contributed by atoms with Gasteiger partial charge in [0.1, 0.15) is 10.7 Å². The van der Waals surface area contributed by atoms with E-state index in [0.717, 1.165) is 0 Å². The molecule has 0 amide bonds. The van der Waals surface area contributed by atoms with E-state index in [2.05, 4.69) is 14.9 Å². The number of hydrogen-bond donors (Lipinski definition) is 1. The second kappa shape index (κ2) is 8.05. The van der Waals surface area contributed by atoms with Crippen molar-refractivity contribution in [2.45, 2.75) is 18.7 Å². The third kappa shape index (κ3) is 4.39. The van der Waals surface area contributed by atoms with Gasteiger partial charge in [0.05, 0.1) is 4.88 Å². The fourth-order valence-electron chi connectivity index (χ4n) is 2.89. The summed E-state index contributed by atoms with van der Waals surface area (Å²) in [7, 11) is -3.91. The Kier molecular flexibility index (Phi) is 5.42. The number of carbonyl (C=O) groups excluding carboxylic acids is 1. The number of aryl methyl sites for hydroxylation is 1. The highest BCUT2D eigenvalue weighted by molar-refractivity contribution is 7.93. The summed E-state index contributed by atoms with van der Waals surface area (Å²) < 4.78 is 46.7. The van der Waals surface area contributed by atoms with E-state index in [0.29, 0.717) is 20.9 Å². The van der Waals surface area contributed by atoms with Gasteiger partial charge in [-0.1, -0.05) is 17.3 Å². The number of rotatable bonds is 6. The lowest BCUT2D eigenvalue weighted by Crippen LogP contribution is -2.13. The summed E-state index contributed by atoms with van der Waals surface area (Å²) in [5.41, 5.74) is 1.27. The zero-order chi connectivity index (χ0) is 22.2. The Bertz CT molecular complexity index is 1380. The molecule has 0 unspecified atom stereocenters. The summed E-state index contributed by atoms with van der Waals surface area (Å²) in [4.78, 5) is 16.9. The predicted octanol–water partition coefficient (Wildman–Crippen LogP) is 4.92. The van der Waals surface area contributed by atoms with Crippen LogP contribution in [0.1, 0.15) is 22.2 Å². The SMILES string of the molecule is CC(=O)c1cccc(NS(=O)(=O)c2cc(-c3nc(-c4ccc(F)cc4)no3)sc2C)c1. The number of aromatic nitrogens is 2. The van der Waals surface area contributed by atoms with Crippen LogP contribution in [-0.4, -0.2) is 24.3 Å². The Morgan fingerprint density at radius 2 is 1.87 bits per heavy atom. The first-order chi connectivity index (χ1) is 14.7. The normalized spacial score (nSPS) is 11.5. The maximum Gasteiger partial charge on any atom is 0.268 e. The molecule has 0 saturated carbocycles. The van der Waals surface area contributed by atoms with E-state index < -0.39 is 10.0 Å². The van der Waals surface area contributed by atoms with Crippen molar-refractivity contribution in [1.82, 2.24) is 10.1 Å². The summed E-state index contributed by atoms with van der Waals surface area (Å²) in [6, 6.07) is 13.4. The summed E-state index contributed by atoms with van der Waals surface area (Å²) in [6.07, 6.45) is 0. The molecule has 31 heavy (non-hydrogen) atoms. The number of benzene rings is 2. The standard InChI is InChI=1S/C21H16FN3O4S2/c1-12(26)15-4-3-5-17(10-15)25-31(27,28)19-11-18(30-13(19)2)21-23-20(24-29-21)14-6-8-16(22)9-7-14/h3-11,25H,1-2H3. The minimum Gasteiger partial charge on any atom is -0.333 e. The predicted molar refractivity (Wildman–Crippen MR) is 115 cm³/mol. The molecule has 7 nitrogen and oxygen atoms in total. The van der Waals surface area contributed by atoms with E-state index in [4.69, 9.17) is 4.52 Å². The van der Waals surface area contributed by atoms with Crippen LogP contribution in [0.4, 0.5) is 10.1 Å². The maximum absolute atomic E-state index is 13.1. The summed E-state index contributed by atoms with van der Waals surface area (Å²) in [5.74, 6) is -0.113. The number of hydrogen-bond acceptors (Lipinski definition) is 7. The Labute approximate surface area is 181 Å². The van der Waals surface area contributed by atoms with Crippen molar-refractivity contribution in [1.29, 1.82) is 0 Å². The van der Waals surface area contributed by atoms with Crippen LogP contribution in [0.2, 0.25) is 0 Å². The quantitative estimate of drug-likeness (QED) is 0.413. The number of carbonyl (C=O) groups is 1. The highest BCUT2D eigenvalue weighted by atomic mass is 32.2. The van der Waals surface area contributed by atoms with Gasteiger partial charge in [-0.2, -0.15) is 4.98 Å². The second-order valence-electron chi connectivity index (χ2n) is 6.70. The summed E-state index contributed by atoms with van der Waals surface area (Å²) in [6.45, 7) is 3.08. The molecule has 158 valence electrons. The number of sulfonamides is 1. The van der Waals surface area contributed by atoms with Crippen molar-refractivity contribution < 1.29 is 22.1 Å². The molecular formula is C21H16FN3O4S2. The molecule has 2 aromatic heterocycles. The van der Waals surface area contributed by atoms with Gasteiger partial charge in [-0.25, -0.2) is 12.8 Å². The second-order valence-corrected chi connectivity index (χ2v) is 9.61. The molecule has 0 fully saturated rings. The number of ketones is 1. The molecule has 0 saturated heterocycles. The Balaban J connectivity index is 1.62. The van der Waals surface area contributed by atoms with E-state index in [9.17, 15) is 17.6 Å². The Morgan fingerprint density at radius 1 is 1.13 bits per heavy atom. The molecule has 0 radical (unpaired) electrons. The molecule has 1 N–H and O–H groups in total. The third-order valence-corrected chi connectivity index (χ3v) is 7.10. The first-order valence-corrected chi connectivity index (χ1v) is 11.4. The lowest BCUT2D eigenvalue weighted by Gasteiger charge is -2.08. The Hall–Kier alpha value is -3.37. The van der Waals surface area contributed by atoms with Gasteiger partial charge < -0.3 is 4.52 Å². The van der Waals surface area contributed by atoms with E-state index in [1.807, 2.05) is 0 Å². The molecule has 0 aliphatic carbocycles. The summed E-state index contributed by atoms with van der Waals surface area (Å²) >= 11 is 1.19. The first-order valence-electron chi connectivity index (χ1n) is 9.07. The molecule has 4 rings (SSSR count). The van der Waals surface area contributed by atoms with Gasteiger partial charge in [-0.15, -0.1) is 11.3 Å². The molecule has 0 atom stereocenters. The van der Waals surface area contributed by atoms with E-state index in [-0.39, 0.29) is 33.9 Å². The number of Topliss-reactive ketones (excluding diaryl/α,β-unsaturated/α-hetero) is 1. The number of thiophene rings is 1. The topological polar surface area (TPSA) is 102 Å². The minimum atomic E-state index is -3.91. The maximum atomic E-state index is 13.1. The molecule has 4 aromatic rings. The number of nitrogens with zero attached hydrogens (tertiary/aromatic N) is 2. The van der Waals surface area contributed by atoms with Crippen LogP contribution in [-0.2, 0) is 10.0 Å². The highest BCUT2D eigenvalue weighted by Gasteiger charge is 2.23. The first kappa shape index (κ1) is 20.9. The van der Waals surface area contributed by atoms with Crippen LogP contribution in [0.5, 0.6) is 0 Å². The molecule has 0 aliphatic rings. The zero-order valence-corrected chi connectivity index (χ0v) is 18.1. The third-order valence-electron chi connectivity index (χ3n) is 4.42. The largest absolute Gasteiger partial charge is 0.333 e. The van der Waals surface area contributed by atoms with Gasteiger partial charge in [0, 0.05) is 21.7 Å². The number of anilines is 1. The fourth-order valence-corrected chi connectivity index (χ4v) is 5.45. The average molecular weight is 458 g/mol. The molecule has 0 aliphatic heterocycles. The molecule has 0 spiro atoms. The van der Waals surface area contributed by atoms with Gasteiger partial charge in [0.25, 0.3) is 15.9 Å². The van der Waals surface area contributed by atoms with Crippen molar-refractivity contribution in [2.75, 3.05) is 4.72 Å². The van der Waals surface area contributed by atoms with Gasteiger partial charge >= 0.3 is 0 Å². The van der Waals surface area contributed by atoms with Gasteiger partial charge in [-0.3, -0.25) is 9.52 Å². The molecule has 2 aromatic carbocycles. The van der Waals surface area contributed by atoms with Crippen molar-refractivity contribution in [3.63, 3.8) is 0 Å². The van der Waals surface area contributed by atoms with Crippen LogP contribution in [0.25, 0.3) is 22.2 Å². The van der Waals surface area contributed by atoms with Crippen LogP contribution in [0, 0.1) is 12.7 Å². The van der Waals surface area contributed by atoms with Crippen LogP contribution in [0.15, 0.2) is 64.0 Å². The van der Waals surface area contributed by atoms with Crippen molar-refractivity contribution in [3.8, 4) is 22.2 Å². The smallest absolute Gasteiger partial charge is 0.268 e. The van der Waals surface area contributed by atoms with Crippen LogP contribution in [0.3, 0.4) is 0 Å². The zero-order valence-electron chi connectivity index (χ0n) is 16.4. The van der Waals surface area contributed by atoms with Crippen molar-refractivity contribution in [2.24, 2.45) is 0 Å². The fraction of sp³-hybridized carbons (Fsp3) is 0.0952. The number of nitrogens with one attached hydrogen (secondary N) is 1.